The van der Waals surface area contributed by atoms with E-state index in [4.69, 9.17) is 10.3 Å². The van der Waals surface area contributed by atoms with Gasteiger partial charge >= 0.3 is 0 Å². The number of carbonyl (C=O) groups is 1. The zero-order chi connectivity index (χ0) is 12.2. The smallest absolute Gasteiger partial charge is 0.269 e. The summed E-state index contributed by atoms with van der Waals surface area (Å²) >= 11 is 0. The first-order valence-electron chi connectivity index (χ1n) is 4.39. The molecule has 0 aliphatic rings. The molecule has 0 saturated heterocycles. The maximum Gasteiger partial charge on any atom is 0.269 e. The summed E-state index contributed by atoms with van der Waals surface area (Å²) in [6.07, 6.45) is 1.33. The van der Waals surface area contributed by atoms with Gasteiger partial charge in [-0.05, 0) is 11.6 Å². The van der Waals surface area contributed by atoms with Crippen LogP contribution in [0.1, 0.15) is 5.56 Å². The first kappa shape index (κ1) is 12.4. The Kier molecular flexibility index (Phi) is 3.81. The predicted molar refractivity (Wildman–Crippen MR) is 60.0 cm³/mol. The van der Waals surface area contributed by atoms with Crippen molar-refractivity contribution >= 4 is 22.1 Å². The molecule has 0 bridgehead atoms. The number of hydrogen-bond acceptors (Lipinski definition) is 3. The second-order valence-electron chi connectivity index (χ2n) is 3.17. The van der Waals surface area contributed by atoms with E-state index in [0.717, 1.165) is 0 Å². The van der Waals surface area contributed by atoms with Crippen LogP contribution >= 0.6 is 0 Å². The van der Waals surface area contributed by atoms with Gasteiger partial charge in [0.15, 0.2) is 0 Å². The van der Waals surface area contributed by atoms with Gasteiger partial charge in [-0.15, -0.1) is 0 Å². The van der Waals surface area contributed by atoms with Gasteiger partial charge in [-0.3, -0.25) is 9.35 Å². The van der Waals surface area contributed by atoms with E-state index in [1.54, 1.807) is 30.3 Å². The maximum atomic E-state index is 11.0. The molecule has 1 aromatic carbocycles. The molecule has 0 aliphatic carbocycles. The topological polar surface area (TPSA) is 97.5 Å². The maximum absolute atomic E-state index is 11.0. The lowest BCUT2D eigenvalue weighted by molar-refractivity contribution is -0.114. The molecule has 6 heteroatoms. The van der Waals surface area contributed by atoms with E-state index in [2.05, 4.69) is 0 Å². The lowest BCUT2D eigenvalue weighted by Gasteiger charge is -2.01. The van der Waals surface area contributed by atoms with Crippen LogP contribution in [0.2, 0.25) is 0 Å². The number of rotatable bonds is 4. The van der Waals surface area contributed by atoms with Crippen LogP contribution < -0.4 is 5.73 Å². The molecular formula is C10H11NO4S. The van der Waals surface area contributed by atoms with Gasteiger partial charge < -0.3 is 5.73 Å². The third kappa shape index (κ3) is 4.24. The van der Waals surface area contributed by atoms with Crippen molar-refractivity contribution in [2.75, 3.05) is 5.75 Å². The van der Waals surface area contributed by atoms with Crippen LogP contribution in [0.4, 0.5) is 0 Å². The van der Waals surface area contributed by atoms with Crippen molar-refractivity contribution in [3.05, 3.63) is 41.5 Å². The summed E-state index contributed by atoms with van der Waals surface area (Å²) < 4.78 is 29.9. The molecule has 0 spiro atoms. The highest BCUT2D eigenvalue weighted by Gasteiger charge is 2.13. The largest absolute Gasteiger partial charge is 0.366 e. The number of primary amides is 1. The molecule has 0 aromatic heterocycles. The Labute approximate surface area is 93.3 Å². The summed E-state index contributed by atoms with van der Waals surface area (Å²) in [4.78, 5) is 11.0. The molecule has 86 valence electrons. The zero-order valence-corrected chi connectivity index (χ0v) is 9.15. The average molecular weight is 241 g/mol. The van der Waals surface area contributed by atoms with Crippen molar-refractivity contribution < 1.29 is 17.8 Å². The van der Waals surface area contributed by atoms with E-state index in [0.29, 0.717) is 5.56 Å². The van der Waals surface area contributed by atoms with Crippen LogP contribution in [0.5, 0.6) is 0 Å². The fourth-order valence-corrected chi connectivity index (χ4v) is 1.75. The lowest BCUT2D eigenvalue weighted by Crippen LogP contribution is -2.20. The number of hydrogen-bond donors (Lipinski definition) is 2. The molecule has 5 nitrogen and oxygen atoms in total. The Bertz CT molecular complexity index is 505. The van der Waals surface area contributed by atoms with Gasteiger partial charge in [0.25, 0.3) is 10.1 Å². The van der Waals surface area contributed by atoms with Gasteiger partial charge in [0, 0.05) is 5.57 Å². The standard InChI is InChI=1S/C10H11NO4S/c11-10(12)9(7-16(13,14)15)6-8-4-2-1-3-5-8/h1-6H,7H2,(H2,11,12)(H,13,14,15). The summed E-state index contributed by atoms with van der Waals surface area (Å²) in [5, 5.41) is 0. The fraction of sp³-hybridized carbons (Fsp3) is 0.100. The van der Waals surface area contributed by atoms with Crippen LogP contribution in [-0.2, 0) is 14.9 Å². The molecule has 0 saturated carbocycles. The molecule has 1 aromatic rings. The van der Waals surface area contributed by atoms with Crippen molar-refractivity contribution in [1.29, 1.82) is 0 Å². The van der Waals surface area contributed by atoms with Gasteiger partial charge in [-0.1, -0.05) is 30.3 Å². The van der Waals surface area contributed by atoms with Gasteiger partial charge in [-0.25, -0.2) is 0 Å². The van der Waals surface area contributed by atoms with E-state index in [1.165, 1.54) is 6.08 Å². The number of nitrogens with two attached hydrogens (primary N) is 1. The Balaban J connectivity index is 3.04. The highest BCUT2D eigenvalue weighted by atomic mass is 32.2. The summed E-state index contributed by atoms with van der Waals surface area (Å²) in [5.74, 6) is -1.65. The molecule has 0 heterocycles. The summed E-state index contributed by atoms with van der Waals surface area (Å²) in [6, 6.07) is 8.62. The van der Waals surface area contributed by atoms with E-state index >= 15 is 0 Å². The van der Waals surface area contributed by atoms with E-state index in [1.807, 2.05) is 0 Å². The van der Waals surface area contributed by atoms with Crippen LogP contribution in [0.15, 0.2) is 35.9 Å². The highest BCUT2D eigenvalue weighted by molar-refractivity contribution is 7.86. The number of amides is 1. The summed E-state index contributed by atoms with van der Waals surface area (Å²) in [7, 11) is -4.26. The SMILES string of the molecule is NC(=O)C(=Cc1ccccc1)CS(=O)(=O)O. The molecule has 16 heavy (non-hydrogen) atoms. The number of carbonyl (C=O) groups excluding carboxylic acids is 1. The Morgan fingerprint density at radius 1 is 1.31 bits per heavy atom. The molecule has 1 rings (SSSR count). The zero-order valence-electron chi connectivity index (χ0n) is 8.33. The normalized spacial score (nSPS) is 12.4. The van der Waals surface area contributed by atoms with E-state index < -0.39 is 21.8 Å². The Morgan fingerprint density at radius 2 is 1.88 bits per heavy atom. The predicted octanol–water partition coefficient (Wildman–Crippen LogP) is 0.443. The van der Waals surface area contributed by atoms with E-state index in [-0.39, 0.29) is 5.57 Å². The summed E-state index contributed by atoms with van der Waals surface area (Å²) in [6.45, 7) is 0. The molecule has 0 aliphatic heterocycles. The second-order valence-corrected chi connectivity index (χ2v) is 4.62. The van der Waals surface area contributed by atoms with Crippen molar-refractivity contribution in [2.24, 2.45) is 5.73 Å². The molecule has 0 fully saturated rings. The molecular weight excluding hydrogens is 230 g/mol. The minimum Gasteiger partial charge on any atom is -0.366 e. The highest BCUT2D eigenvalue weighted by Crippen LogP contribution is 2.08. The Morgan fingerprint density at radius 3 is 2.31 bits per heavy atom. The fourth-order valence-electron chi connectivity index (χ4n) is 1.13. The van der Waals surface area contributed by atoms with Gasteiger partial charge in [-0.2, -0.15) is 8.42 Å². The minimum atomic E-state index is -4.26. The third-order valence-electron chi connectivity index (χ3n) is 1.79. The van der Waals surface area contributed by atoms with Crippen molar-refractivity contribution in [2.45, 2.75) is 0 Å². The molecule has 3 N–H and O–H groups in total. The average Bonchev–Trinajstić information content (AvgIpc) is 2.16. The summed E-state index contributed by atoms with van der Waals surface area (Å²) in [5.41, 5.74) is 5.49. The Hall–Kier alpha value is -1.66. The molecule has 0 unspecified atom stereocenters. The molecule has 1 amide bonds. The van der Waals surface area contributed by atoms with Crippen LogP contribution in [0.3, 0.4) is 0 Å². The van der Waals surface area contributed by atoms with Crippen LogP contribution in [0, 0.1) is 0 Å². The van der Waals surface area contributed by atoms with Crippen molar-refractivity contribution in [3.63, 3.8) is 0 Å². The molecule has 0 radical (unpaired) electrons. The van der Waals surface area contributed by atoms with Gasteiger partial charge in [0.2, 0.25) is 5.91 Å². The first-order chi connectivity index (χ1) is 7.38. The molecule has 0 atom stereocenters. The van der Waals surface area contributed by atoms with E-state index in [9.17, 15) is 13.2 Å². The minimum absolute atomic E-state index is 0.159. The van der Waals surface area contributed by atoms with Gasteiger partial charge in [0.05, 0.1) is 0 Å². The van der Waals surface area contributed by atoms with Crippen molar-refractivity contribution in [3.8, 4) is 0 Å². The quantitative estimate of drug-likeness (QED) is 0.590. The van der Waals surface area contributed by atoms with Crippen LogP contribution in [-0.4, -0.2) is 24.6 Å². The van der Waals surface area contributed by atoms with Gasteiger partial charge in [0.1, 0.15) is 5.75 Å². The van der Waals surface area contributed by atoms with Crippen molar-refractivity contribution in [1.82, 2.24) is 0 Å². The first-order valence-corrected chi connectivity index (χ1v) is 6.00. The van der Waals surface area contributed by atoms with Crippen LogP contribution in [0.25, 0.3) is 6.08 Å². The lowest BCUT2D eigenvalue weighted by atomic mass is 10.1. The monoisotopic (exact) mass is 241 g/mol. The number of benzene rings is 1. The third-order valence-corrected chi connectivity index (χ3v) is 2.47. The second kappa shape index (κ2) is 4.91.